The zero-order valence-electron chi connectivity index (χ0n) is 16.3. The van der Waals surface area contributed by atoms with Crippen LogP contribution in [0.15, 0.2) is 53.8 Å². The predicted octanol–water partition coefficient (Wildman–Crippen LogP) is 3.07. The SMILES string of the molecule is O=C(CSc1nnc(-c2ccc(F)cc2)n1CC1CCCO1)NCc1ccccn1. The molecule has 3 aromatic rings. The molecule has 0 saturated carbocycles. The fourth-order valence-corrected chi connectivity index (χ4v) is 4.02. The standard InChI is InChI=1S/C21H22FN5O2S/c22-16-8-6-15(7-9-16)20-25-26-21(27(20)13-18-5-3-11-29-18)30-14-19(28)24-12-17-4-1-2-10-23-17/h1-2,4,6-10,18H,3,5,11-14H2,(H,24,28). The predicted molar refractivity (Wildman–Crippen MR) is 111 cm³/mol. The van der Waals surface area contributed by atoms with Crippen LogP contribution in [0, 0.1) is 5.82 Å². The molecule has 30 heavy (non-hydrogen) atoms. The second kappa shape index (κ2) is 9.82. The Labute approximate surface area is 178 Å². The molecule has 1 aliphatic heterocycles. The first-order chi connectivity index (χ1) is 14.7. The van der Waals surface area contributed by atoms with Crippen molar-refractivity contribution < 1.29 is 13.9 Å². The molecule has 2 aromatic heterocycles. The lowest BCUT2D eigenvalue weighted by Gasteiger charge is -2.14. The minimum absolute atomic E-state index is 0.0810. The minimum Gasteiger partial charge on any atom is -0.376 e. The lowest BCUT2D eigenvalue weighted by molar-refractivity contribution is -0.118. The summed E-state index contributed by atoms with van der Waals surface area (Å²) in [6, 6.07) is 11.7. The molecule has 7 nitrogen and oxygen atoms in total. The van der Waals surface area contributed by atoms with Gasteiger partial charge in [0.15, 0.2) is 11.0 Å². The maximum Gasteiger partial charge on any atom is 0.230 e. The quantitative estimate of drug-likeness (QED) is 0.557. The number of hydrogen-bond acceptors (Lipinski definition) is 6. The topological polar surface area (TPSA) is 81.9 Å². The Balaban J connectivity index is 1.44. The van der Waals surface area contributed by atoms with Crippen LogP contribution < -0.4 is 5.32 Å². The number of aromatic nitrogens is 4. The van der Waals surface area contributed by atoms with Gasteiger partial charge in [-0.2, -0.15) is 0 Å². The highest BCUT2D eigenvalue weighted by Crippen LogP contribution is 2.26. The van der Waals surface area contributed by atoms with E-state index in [4.69, 9.17) is 4.74 Å². The van der Waals surface area contributed by atoms with Crippen LogP contribution in [0.25, 0.3) is 11.4 Å². The summed E-state index contributed by atoms with van der Waals surface area (Å²) in [5, 5.41) is 12.1. The highest BCUT2D eigenvalue weighted by Gasteiger charge is 2.22. The number of halogens is 1. The number of rotatable bonds is 8. The van der Waals surface area contributed by atoms with Gasteiger partial charge in [0, 0.05) is 18.4 Å². The van der Waals surface area contributed by atoms with E-state index in [0.29, 0.717) is 24.1 Å². The van der Waals surface area contributed by atoms with Crippen LogP contribution in [0.5, 0.6) is 0 Å². The fraction of sp³-hybridized carbons (Fsp3) is 0.333. The van der Waals surface area contributed by atoms with Crippen LogP contribution in [-0.4, -0.2) is 44.1 Å². The number of pyridine rings is 1. The first-order valence-electron chi connectivity index (χ1n) is 9.79. The molecule has 0 radical (unpaired) electrons. The molecule has 1 unspecified atom stereocenters. The number of benzene rings is 1. The van der Waals surface area contributed by atoms with Gasteiger partial charge in [-0.1, -0.05) is 17.8 Å². The largest absolute Gasteiger partial charge is 0.376 e. The highest BCUT2D eigenvalue weighted by atomic mass is 32.2. The lowest BCUT2D eigenvalue weighted by atomic mass is 10.2. The van der Waals surface area contributed by atoms with E-state index in [2.05, 4.69) is 20.5 Å². The number of amides is 1. The third-order valence-corrected chi connectivity index (χ3v) is 5.72. The molecule has 0 bridgehead atoms. The number of ether oxygens (including phenoxy) is 1. The van der Waals surface area contributed by atoms with Crippen LogP contribution in [0.4, 0.5) is 4.39 Å². The van der Waals surface area contributed by atoms with E-state index in [1.54, 1.807) is 18.3 Å². The molecule has 9 heteroatoms. The van der Waals surface area contributed by atoms with Gasteiger partial charge in [-0.05, 0) is 49.2 Å². The summed E-state index contributed by atoms with van der Waals surface area (Å²) in [5.41, 5.74) is 1.57. The Kier molecular flexibility index (Phi) is 6.70. The van der Waals surface area contributed by atoms with E-state index < -0.39 is 0 Å². The van der Waals surface area contributed by atoms with Gasteiger partial charge in [-0.3, -0.25) is 14.3 Å². The fourth-order valence-electron chi connectivity index (χ4n) is 3.24. The molecule has 1 N–H and O–H groups in total. The van der Waals surface area contributed by atoms with Crippen molar-refractivity contribution in [1.29, 1.82) is 0 Å². The zero-order valence-corrected chi connectivity index (χ0v) is 17.1. The van der Waals surface area contributed by atoms with Gasteiger partial charge in [0.2, 0.25) is 5.91 Å². The van der Waals surface area contributed by atoms with Crippen LogP contribution >= 0.6 is 11.8 Å². The summed E-state index contributed by atoms with van der Waals surface area (Å²) in [5.74, 6) is 0.436. The number of carbonyl (C=O) groups is 1. The maximum absolute atomic E-state index is 13.3. The summed E-state index contributed by atoms with van der Waals surface area (Å²) in [6.45, 7) is 1.72. The summed E-state index contributed by atoms with van der Waals surface area (Å²) in [6.07, 6.45) is 3.77. The molecule has 1 amide bonds. The Hall–Kier alpha value is -2.78. The maximum atomic E-state index is 13.3. The molecule has 1 aliphatic rings. The molecular formula is C21H22FN5O2S. The molecule has 156 valence electrons. The Bertz CT molecular complexity index is 975. The molecule has 0 spiro atoms. The number of thioether (sulfide) groups is 1. The van der Waals surface area contributed by atoms with Crippen molar-refractivity contribution in [3.05, 3.63) is 60.2 Å². The van der Waals surface area contributed by atoms with Crippen molar-refractivity contribution in [2.45, 2.75) is 37.2 Å². The summed E-state index contributed by atoms with van der Waals surface area (Å²) < 4.78 is 21.1. The van der Waals surface area contributed by atoms with Gasteiger partial charge >= 0.3 is 0 Å². The Morgan fingerprint density at radius 3 is 2.83 bits per heavy atom. The van der Waals surface area contributed by atoms with Crippen molar-refractivity contribution in [3.8, 4) is 11.4 Å². The monoisotopic (exact) mass is 427 g/mol. The molecular weight excluding hydrogens is 405 g/mol. The van der Waals surface area contributed by atoms with Crippen molar-refractivity contribution in [1.82, 2.24) is 25.1 Å². The van der Waals surface area contributed by atoms with E-state index >= 15 is 0 Å². The number of nitrogens with zero attached hydrogens (tertiary/aromatic N) is 4. The molecule has 1 aromatic carbocycles. The highest BCUT2D eigenvalue weighted by molar-refractivity contribution is 7.99. The van der Waals surface area contributed by atoms with Crippen molar-refractivity contribution in [2.24, 2.45) is 0 Å². The van der Waals surface area contributed by atoms with E-state index in [0.717, 1.165) is 30.7 Å². The van der Waals surface area contributed by atoms with Crippen LogP contribution in [-0.2, 0) is 22.6 Å². The molecule has 1 fully saturated rings. The van der Waals surface area contributed by atoms with Crippen molar-refractivity contribution in [3.63, 3.8) is 0 Å². The van der Waals surface area contributed by atoms with Gasteiger partial charge in [0.05, 0.1) is 30.6 Å². The third-order valence-electron chi connectivity index (χ3n) is 4.75. The molecule has 3 heterocycles. The summed E-state index contributed by atoms with van der Waals surface area (Å²) >= 11 is 1.32. The smallest absolute Gasteiger partial charge is 0.230 e. The van der Waals surface area contributed by atoms with E-state index in [1.807, 2.05) is 22.8 Å². The lowest BCUT2D eigenvalue weighted by Crippen LogP contribution is -2.25. The van der Waals surface area contributed by atoms with Gasteiger partial charge in [0.25, 0.3) is 0 Å². The molecule has 1 atom stereocenters. The van der Waals surface area contributed by atoms with Gasteiger partial charge in [0.1, 0.15) is 5.82 Å². The van der Waals surface area contributed by atoms with Gasteiger partial charge < -0.3 is 10.1 Å². The second-order valence-electron chi connectivity index (χ2n) is 6.95. The third kappa shape index (κ3) is 5.22. The molecule has 1 saturated heterocycles. The second-order valence-corrected chi connectivity index (χ2v) is 7.89. The van der Waals surface area contributed by atoms with Gasteiger partial charge in [-0.25, -0.2) is 4.39 Å². The first kappa shape index (κ1) is 20.5. The van der Waals surface area contributed by atoms with Crippen LogP contribution in [0.1, 0.15) is 18.5 Å². The normalized spacial score (nSPS) is 16.0. The van der Waals surface area contributed by atoms with Crippen molar-refractivity contribution >= 4 is 17.7 Å². The van der Waals surface area contributed by atoms with Crippen molar-refractivity contribution in [2.75, 3.05) is 12.4 Å². The average molecular weight is 428 g/mol. The number of nitrogens with one attached hydrogen (secondary N) is 1. The van der Waals surface area contributed by atoms with Gasteiger partial charge in [-0.15, -0.1) is 10.2 Å². The zero-order chi connectivity index (χ0) is 20.8. The summed E-state index contributed by atoms with van der Waals surface area (Å²) in [7, 11) is 0. The van der Waals surface area contributed by atoms with E-state index in [-0.39, 0.29) is 23.6 Å². The number of carbonyl (C=O) groups excluding carboxylic acids is 1. The molecule has 4 rings (SSSR count). The first-order valence-corrected chi connectivity index (χ1v) is 10.8. The minimum atomic E-state index is -0.303. The van der Waals surface area contributed by atoms with Crippen LogP contribution in [0.2, 0.25) is 0 Å². The molecule has 0 aliphatic carbocycles. The average Bonchev–Trinajstić information content (AvgIpc) is 3.43. The number of hydrogen-bond donors (Lipinski definition) is 1. The van der Waals surface area contributed by atoms with E-state index in [9.17, 15) is 9.18 Å². The summed E-state index contributed by atoms with van der Waals surface area (Å²) in [4.78, 5) is 16.5. The Morgan fingerprint density at radius 2 is 2.10 bits per heavy atom. The Morgan fingerprint density at radius 1 is 1.23 bits per heavy atom. The van der Waals surface area contributed by atoms with Crippen LogP contribution in [0.3, 0.4) is 0 Å². The van der Waals surface area contributed by atoms with E-state index in [1.165, 1.54) is 23.9 Å².